The number of benzene rings is 1. The van der Waals surface area contributed by atoms with E-state index in [1.807, 2.05) is 6.07 Å². The van der Waals surface area contributed by atoms with Gasteiger partial charge in [-0.25, -0.2) is 4.98 Å². The summed E-state index contributed by atoms with van der Waals surface area (Å²) in [4.78, 5) is 16.9. The number of hydrogen-bond acceptors (Lipinski definition) is 3. The van der Waals surface area contributed by atoms with Gasteiger partial charge in [0.1, 0.15) is 11.4 Å². The lowest BCUT2D eigenvalue weighted by atomic mass is 9.99. The van der Waals surface area contributed by atoms with Gasteiger partial charge in [-0.1, -0.05) is 18.7 Å². The Morgan fingerprint density at radius 2 is 2.04 bits per heavy atom. The second-order valence-corrected chi connectivity index (χ2v) is 5.61. The molecule has 0 bridgehead atoms. The topological polar surface area (TPSA) is 42.4 Å². The third-order valence-electron chi connectivity index (χ3n) is 3.91. The number of hydrogen-bond donors (Lipinski definition) is 0. The van der Waals surface area contributed by atoms with Crippen molar-refractivity contribution >= 4 is 5.91 Å². The standard InChI is InChI=1S/C18H15F3N2O2/c1-2-17(24)23-9-8-12-6-7-14(10-13(12)11-23)25-16-5-3-4-15(22-16)18(19,20)21/h2-7,10H,1,8-9,11H2. The monoisotopic (exact) mass is 348 g/mol. The van der Waals surface area contributed by atoms with Gasteiger partial charge in [0.2, 0.25) is 11.8 Å². The molecule has 7 heteroatoms. The van der Waals surface area contributed by atoms with Gasteiger partial charge in [-0.2, -0.15) is 13.2 Å². The van der Waals surface area contributed by atoms with Crippen LogP contribution in [0.1, 0.15) is 16.8 Å². The molecule has 1 amide bonds. The Bertz CT molecular complexity index is 818. The highest BCUT2D eigenvalue weighted by atomic mass is 19.4. The first kappa shape index (κ1) is 17.0. The maximum atomic E-state index is 12.7. The fourth-order valence-electron chi connectivity index (χ4n) is 2.66. The van der Waals surface area contributed by atoms with Crippen molar-refractivity contribution in [1.82, 2.24) is 9.88 Å². The lowest BCUT2D eigenvalue weighted by Crippen LogP contribution is -2.34. The molecule has 1 aromatic heterocycles. The molecule has 3 rings (SSSR count). The Morgan fingerprint density at radius 1 is 1.24 bits per heavy atom. The van der Waals surface area contributed by atoms with E-state index >= 15 is 0 Å². The molecule has 0 atom stereocenters. The van der Waals surface area contributed by atoms with E-state index < -0.39 is 11.9 Å². The second kappa shape index (κ2) is 6.58. The molecule has 0 unspecified atom stereocenters. The molecule has 4 nitrogen and oxygen atoms in total. The number of aromatic nitrogens is 1. The SMILES string of the molecule is C=CC(=O)N1CCc2ccc(Oc3cccc(C(F)(F)F)n3)cc2C1. The lowest BCUT2D eigenvalue weighted by Gasteiger charge is -2.28. The van der Waals surface area contributed by atoms with Crippen LogP contribution < -0.4 is 4.74 Å². The third-order valence-corrected chi connectivity index (χ3v) is 3.91. The number of nitrogens with zero attached hydrogens (tertiary/aromatic N) is 2. The molecule has 25 heavy (non-hydrogen) atoms. The highest BCUT2D eigenvalue weighted by Gasteiger charge is 2.32. The van der Waals surface area contributed by atoms with Gasteiger partial charge in [-0.15, -0.1) is 0 Å². The first-order valence-corrected chi connectivity index (χ1v) is 7.62. The van der Waals surface area contributed by atoms with E-state index in [2.05, 4.69) is 11.6 Å². The molecule has 2 aromatic rings. The number of carbonyl (C=O) groups excluding carboxylic acids is 1. The third kappa shape index (κ3) is 3.81. The summed E-state index contributed by atoms with van der Waals surface area (Å²) in [6.07, 6.45) is -2.56. The summed E-state index contributed by atoms with van der Waals surface area (Å²) in [5.74, 6) is 0.0830. The normalized spacial score (nSPS) is 14.0. The van der Waals surface area contributed by atoms with Crippen LogP contribution in [0.4, 0.5) is 13.2 Å². The molecule has 130 valence electrons. The molecular formula is C18H15F3N2O2. The maximum absolute atomic E-state index is 12.7. The van der Waals surface area contributed by atoms with Gasteiger partial charge >= 0.3 is 6.18 Å². The molecule has 0 radical (unpaired) electrons. The van der Waals surface area contributed by atoms with Gasteiger partial charge in [-0.05, 0) is 41.8 Å². The van der Waals surface area contributed by atoms with E-state index in [1.165, 1.54) is 18.2 Å². The quantitative estimate of drug-likeness (QED) is 0.789. The Labute approximate surface area is 142 Å². The van der Waals surface area contributed by atoms with E-state index in [4.69, 9.17) is 4.74 Å². The lowest BCUT2D eigenvalue weighted by molar-refractivity contribution is -0.141. The van der Waals surface area contributed by atoms with Gasteiger partial charge in [-0.3, -0.25) is 4.79 Å². The average Bonchev–Trinajstić information content (AvgIpc) is 2.60. The van der Waals surface area contributed by atoms with Crippen LogP contribution in [0, 0.1) is 0 Å². The summed E-state index contributed by atoms with van der Waals surface area (Å²) in [7, 11) is 0. The minimum absolute atomic E-state index is 0.135. The summed E-state index contributed by atoms with van der Waals surface area (Å²) in [5, 5.41) is 0. The largest absolute Gasteiger partial charge is 0.439 e. The number of pyridine rings is 1. The fraction of sp³-hybridized carbons (Fsp3) is 0.222. The van der Waals surface area contributed by atoms with Gasteiger partial charge in [0.25, 0.3) is 0 Å². The molecule has 0 N–H and O–H groups in total. The van der Waals surface area contributed by atoms with Crippen molar-refractivity contribution in [2.75, 3.05) is 6.54 Å². The molecule has 0 saturated carbocycles. The van der Waals surface area contributed by atoms with Gasteiger partial charge in [0, 0.05) is 19.2 Å². The molecule has 0 fully saturated rings. The maximum Gasteiger partial charge on any atom is 0.433 e. The molecular weight excluding hydrogens is 333 g/mol. The summed E-state index contributed by atoms with van der Waals surface area (Å²) in [5.41, 5.74) is 0.967. The van der Waals surface area contributed by atoms with Crippen molar-refractivity contribution in [3.63, 3.8) is 0 Å². The first-order chi connectivity index (χ1) is 11.9. The summed E-state index contributed by atoms with van der Waals surface area (Å²) < 4.78 is 43.6. The van der Waals surface area contributed by atoms with Gasteiger partial charge in [0.15, 0.2) is 0 Å². The zero-order valence-corrected chi connectivity index (χ0v) is 13.2. The Kier molecular flexibility index (Phi) is 4.48. The highest BCUT2D eigenvalue weighted by molar-refractivity contribution is 5.87. The summed E-state index contributed by atoms with van der Waals surface area (Å²) in [6, 6.07) is 8.76. The molecule has 2 heterocycles. The second-order valence-electron chi connectivity index (χ2n) is 5.61. The predicted molar refractivity (Wildman–Crippen MR) is 85.1 cm³/mol. The van der Waals surface area contributed by atoms with Crippen molar-refractivity contribution in [2.45, 2.75) is 19.1 Å². The summed E-state index contributed by atoms with van der Waals surface area (Å²) >= 11 is 0. The predicted octanol–water partition coefficient (Wildman–Crippen LogP) is 3.96. The number of carbonyl (C=O) groups is 1. The van der Waals surface area contributed by atoms with Crippen LogP contribution in [0.15, 0.2) is 49.1 Å². The van der Waals surface area contributed by atoms with Crippen molar-refractivity contribution < 1.29 is 22.7 Å². The van der Waals surface area contributed by atoms with Crippen molar-refractivity contribution in [3.05, 3.63) is 65.9 Å². The minimum Gasteiger partial charge on any atom is -0.439 e. The Morgan fingerprint density at radius 3 is 2.76 bits per heavy atom. The van der Waals surface area contributed by atoms with Crippen LogP contribution in [-0.2, 0) is 23.9 Å². The molecule has 1 aromatic carbocycles. The summed E-state index contributed by atoms with van der Waals surface area (Å²) in [6.45, 7) is 4.49. The van der Waals surface area contributed by atoms with E-state index in [0.29, 0.717) is 25.3 Å². The van der Waals surface area contributed by atoms with E-state index in [1.54, 1.807) is 17.0 Å². The van der Waals surface area contributed by atoms with E-state index in [0.717, 1.165) is 17.2 Å². The highest BCUT2D eigenvalue weighted by Crippen LogP contribution is 2.31. The van der Waals surface area contributed by atoms with Crippen molar-refractivity contribution in [2.24, 2.45) is 0 Å². The molecule has 1 aliphatic heterocycles. The molecule has 0 aliphatic carbocycles. The van der Waals surface area contributed by atoms with Crippen molar-refractivity contribution in [3.8, 4) is 11.6 Å². The van der Waals surface area contributed by atoms with Crippen LogP contribution in [0.3, 0.4) is 0 Å². The fourth-order valence-corrected chi connectivity index (χ4v) is 2.66. The smallest absolute Gasteiger partial charge is 0.433 e. The zero-order chi connectivity index (χ0) is 18.0. The molecule has 0 spiro atoms. The molecule has 0 saturated heterocycles. The van der Waals surface area contributed by atoms with Crippen LogP contribution in [0.25, 0.3) is 0 Å². The Balaban J connectivity index is 1.81. The Hall–Kier alpha value is -2.83. The zero-order valence-electron chi connectivity index (χ0n) is 13.2. The van der Waals surface area contributed by atoms with Crippen LogP contribution in [0.5, 0.6) is 11.6 Å². The number of rotatable bonds is 3. The minimum atomic E-state index is -4.53. The number of halogens is 3. The van der Waals surface area contributed by atoms with E-state index in [9.17, 15) is 18.0 Å². The van der Waals surface area contributed by atoms with Crippen LogP contribution >= 0.6 is 0 Å². The number of ether oxygens (including phenoxy) is 1. The van der Waals surface area contributed by atoms with E-state index in [-0.39, 0.29) is 11.8 Å². The molecule has 1 aliphatic rings. The van der Waals surface area contributed by atoms with Gasteiger partial charge in [0.05, 0.1) is 0 Å². The average molecular weight is 348 g/mol. The number of alkyl halides is 3. The van der Waals surface area contributed by atoms with Crippen LogP contribution in [-0.4, -0.2) is 22.3 Å². The number of amides is 1. The number of fused-ring (bicyclic) bond motifs is 1. The van der Waals surface area contributed by atoms with Gasteiger partial charge < -0.3 is 9.64 Å². The first-order valence-electron chi connectivity index (χ1n) is 7.62. The van der Waals surface area contributed by atoms with Crippen LogP contribution in [0.2, 0.25) is 0 Å². The van der Waals surface area contributed by atoms with Crippen molar-refractivity contribution in [1.29, 1.82) is 0 Å².